The normalized spacial score (nSPS) is 24.3. The lowest BCUT2D eigenvalue weighted by Gasteiger charge is -2.29. The van der Waals surface area contributed by atoms with Gasteiger partial charge in [0, 0.05) is 36.7 Å². The highest BCUT2D eigenvalue weighted by molar-refractivity contribution is 5.94. The van der Waals surface area contributed by atoms with Gasteiger partial charge in [-0.25, -0.2) is 4.39 Å². The van der Waals surface area contributed by atoms with Crippen molar-refractivity contribution in [2.75, 3.05) is 6.54 Å². The minimum atomic E-state index is -0.366. The third-order valence-corrected chi connectivity index (χ3v) is 4.81. The second-order valence-electron chi connectivity index (χ2n) is 6.74. The van der Waals surface area contributed by atoms with E-state index in [9.17, 15) is 14.0 Å². The number of amides is 2. The Labute approximate surface area is 153 Å². The summed E-state index contributed by atoms with van der Waals surface area (Å²) in [5.41, 5.74) is 0.422. The first-order valence-electron chi connectivity index (χ1n) is 8.69. The summed E-state index contributed by atoms with van der Waals surface area (Å²) in [6.07, 6.45) is 5.46. The zero-order valence-electron chi connectivity index (χ0n) is 14.1. The molecule has 0 aromatic heterocycles. The molecule has 1 aromatic carbocycles. The van der Waals surface area contributed by atoms with Gasteiger partial charge in [0.15, 0.2) is 0 Å². The van der Waals surface area contributed by atoms with Crippen molar-refractivity contribution < 1.29 is 14.0 Å². The third-order valence-electron chi connectivity index (χ3n) is 4.81. The van der Waals surface area contributed by atoms with Gasteiger partial charge in [0.25, 0.3) is 5.91 Å². The predicted molar refractivity (Wildman–Crippen MR) is 96.3 cm³/mol. The highest BCUT2D eigenvalue weighted by Gasteiger charge is 2.33. The number of carbonyl (C=O) groups excluding carboxylic acids is 2. The van der Waals surface area contributed by atoms with Gasteiger partial charge in [-0.15, -0.1) is 12.4 Å². The number of fused-ring (bicyclic) bond motifs is 2. The summed E-state index contributed by atoms with van der Waals surface area (Å²) >= 11 is 0. The first kappa shape index (κ1) is 19.7. The smallest absolute Gasteiger partial charge is 0.251 e. The molecule has 0 saturated carbocycles. The number of piperidine rings is 1. The minimum absolute atomic E-state index is 0. The average Bonchev–Trinajstić information content (AvgIpc) is 2.90. The first-order chi connectivity index (χ1) is 11.6. The van der Waals surface area contributed by atoms with Crippen LogP contribution in [0.3, 0.4) is 0 Å². The van der Waals surface area contributed by atoms with Crippen LogP contribution in [-0.4, -0.2) is 36.5 Å². The Morgan fingerprint density at radius 3 is 2.40 bits per heavy atom. The fraction of sp³-hybridized carbons (Fsp3) is 0.556. The third kappa shape index (κ3) is 5.68. The van der Waals surface area contributed by atoms with Gasteiger partial charge in [-0.05, 0) is 56.4 Å². The maximum absolute atomic E-state index is 12.8. The molecule has 0 aliphatic carbocycles. The van der Waals surface area contributed by atoms with Crippen LogP contribution in [0, 0.1) is 5.82 Å². The number of carbonyl (C=O) groups is 2. The second kappa shape index (κ2) is 9.15. The summed E-state index contributed by atoms with van der Waals surface area (Å²) in [6.45, 7) is 0.432. The van der Waals surface area contributed by atoms with Crippen LogP contribution in [0.2, 0.25) is 0 Å². The van der Waals surface area contributed by atoms with Crippen LogP contribution in [-0.2, 0) is 4.79 Å². The number of hydrogen-bond acceptors (Lipinski definition) is 3. The van der Waals surface area contributed by atoms with Crippen molar-refractivity contribution in [1.82, 2.24) is 16.0 Å². The summed E-state index contributed by atoms with van der Waals surface area (Å²) < 4.78 is 12.8. The predicted octanol–water partition coefficient (Wildman–Crippen LogP) is 2.16. The molecule has 2 aliphatic heterocycles. The highest BCUT2D eigenvalue weighted by Crippen LogP contribution is 2.26. The van der Waals surface area contributed by atoms with E-state index < -0.39 is 0 Å². The van der Waals surface area contributed by atoms with Crippen LogP contribution in [0.25, 0.3) is 0 Å². The Hall–Kier alpha value is -1.66. The summed E-state index contributed by atoms with van der Waals surface area (Å²) in [7, 11) is 0. The number of benzene rings is 1. The molecule has 2 fully saturated rings. The van der Waals surface area contributed by atoms with Gasteiger partial charge in [-0.2, -0.15) is 0 Å². The lowest BCUT2D eigenvalue weighted by atomic mass is 9.99. The van der Waals surface area contributed by atoms with Gasteiger partial charge in [-0.1, -0.05) is 0 Å². The molecule has 2 unspecified atom stereocenters. The van der Waals surface area contributed by atoms with Crippen LogP contribution in [0.15, 0.2) is 24.3 Å². The molecule has 3 N–H and O–H groups in total. The zero-order valence-corrected chi connectivity index (χ0v) is 14.9. The lowest BCUT2D eigenvalue weighted by Crippen LogP contribution is -2.48. The quantitative estimate of drug-likeness (QED) is 0.673. The molecule has 2 aliphatic rings. The molecule has 1 aromatic rings. The van der Waals surface area contributed by atoms with Gasteiger partial charge in [0.05, 0.1) is 0 Å². The molecule has 2 amide bonds. The monoisotopic (exact) mass is 369 g/mol. The van der Waals surface area contributed by atoms with E-state index in [1.54, 1.807) is 0 Å². The van der Waals surface area contributed by atoms with E-state index in [-0.39, 0.29) is 36.1 Å². The number of halogens is 2. The van der Waals surface area contributed by atoms with Crippen LogP contribution in [0.4, 0.5) is 4.39 Å². The highest BCUT2D eigenvalue weighted by atomic mass is 35.5. The maximum atomic E-state index is 12.8. The van der Waals surface area contributed by atoms with Crippen LogP contribution in [0.1, 0.15) is 48.9 Å². The maximum Gasteiger partial charge on any atom is 0.251 e. The van der Waals surface area contributed by atoms with E-state index in [4.69, 9.17) is 0 Å². The van der Waals surface area contributed by atoms with Gasteiger partial charge < -0.3 is 16.0 Å². The molecule has 2 bridgehead atoms. The number of rotatable bonds is 6. The summed E-state index contributed by atoms with van der Waals surface area (Å²) in [6, 6.07) is 6.81. The number of hydrogen-bond donors (Lipinski definition) is 3. The first-order valence-corrected chi connectivity index (χ1v) is 8.69. The van der Waals surface area contributed by atoms with E-state index >= 15 is 0 Å². The fourth-order valence-corrected chi connectivity index (χ4v) is 3.63. The van der Waals surface area contributed by atoms with Crippen molar-refractivity contribution in [2.45, 2.75) is 56.7 Å². The molecule has 7 heteroatoms. The molecule has 0 radical (unpaired) electrons. The fourth-order valence-electron chi connectivity index (χ4n) is 3.63. The standard InChI is InChI=1S/C18H24FN3O2.ClH/c19-13-5-3-12(4-6-13)18(24)20-9-1-2-17(23)22-16-10-14-7-8-15(11-16)21-14;/h3-6,14-16,21H,1-2,7-11H2,(H,20,24)(H,22,23);1H. The molecule has 0 spiro atoms. The Kier molecular flexibility index (Phi) is 7.20. The summed E-state index contributed by atoms with van der Waals surface area (Å²) in [4.78, 5) is 23.9. The van der Waals surface area contributed by atoms with Crippen molar-refractivity contribution in [3.05, 3.63) is 35.6 Å². The van der Waals surface area contributed by atoms with Crippen LogP contribution >= 0.6 is 12.4 Å². The van der Waals surface area contributed by atoms with E-state index in [2.05, 4.69) is 16.0 Å². The SMILES string of the molecule is Cl.O=C(CCCNC(=O)c1ccc(F)cc1)NC1CC2CCC(C1)N2. The number of nitrogens with one attached hydrogen (secondary N) is 3. The van der Waals surface area contributed by atoms with Gasteiger partial charge in [-0.3, -0.25) is 9.59 Å². The van der Waals surface area contributed by atoms with E-state index in [0.29, 0.717) is 37.0 Å². The molecule has 138 valence electrons. The van der Waals surface area contributed by atoms with Gasteiger partial charge in [0.2, 0.25) is 5.91 Å². The van der Waals surface area contributed by atoms with Gasteiger partial charge >= 0.3 is 0 Å². The summed E-state index contributed by atoms with van der Waals surface area (Å²) in [5.74, 6) is -0.558. The minimum Gasteiger partial charge on any atom is -0.353 e. The molecular formula is C18H25ClFN3O2. The van der Waals surface area contributed by atoms with Crippen molar-refractivity contribution in [1.29, 1.82) is 0 Å². The van der Waals surface area contributed by atoms with Crippen LogP contribution < -0.4 is 16.0 Å². The molecule has 5 nitrogen and oxygen atoms in total. The Balaban J connectivity index is 0.00000225. The van der Waals surface area contributed by atoms with Crippen LogP contribution in [0.5, 0.6) is 0 Å². The molecule has 2 saturated heterocycles. The van der Waals surface area contributed by atoms with Crippen molar-refractivity contribution in [2.24, 2.45) is 0 Å². The Morgan fingerprint density at radius 1 is 1.12 bits per heavy atom. The molecule has 25 heavy (non-hydrogen) atoms. The molecule has 2 atom stereocenters. The molecular weight excluding hydrogens is 345 g/mol. The Morgan fingerprint density at radius 2 is 1.76 bits per heavy atom. The van der Waals surface area contributed by atoms with Crippen molar-refractivity contribution in [3.63, 3.8) is 0 Å². The lowest BCUT2D eigenvalue weighted by molar-refractivity contribution is -0.122. The van der Waals surface area contributed by atoms with Crippen molar-refractivity contribution in [3.8, 4) is 0 Å². The molecule has 2 heterocycles. The van der Waals surface area contributed by atoms with E-state index in [1.165, 1.54) is 37.1 Å². The average molecular weight is 370 g/mol. The van der Waals surface area contributed by atoms with Gasteiger partial charge in [0.1, 0.15) is 5.82 Å². The summed E-state index contributed by atoms with van der Waals surface area (Å²) in [5, 5.41) is 9.42. The second-order valence-corrected chi connectivity index (χ2v) is 6.74. The molecule has 3 rings (SSSR count). The topological polar surface area (TPSA) is 70.2 Å². The van der Waals surface area contributed by atoms with E-state index in [1.807, 2.05) is 0 Å². The zero-order chi connectivity index (χ0) is 16.9. The van der Waals surface area contributed by atoms with E-state index in [0.717, 1.165) is 12.8 Å². The Bertz CT molecular complexity index is 584. The largest absolute Gasteiger partial charge is 0.353 e. The van der Waals surface area contributed by atoms with Crippen molar-refractivity contribution >= 4 is 24.2 Å².